The molecular weight excluding hydrogens is 311 g/mol. The number of nitrogens with zero attached hydrogens (tertiary/aromatic N) is 1. The van der Waals surface area contributed by atoms with Crippen LogP contribution in [0, 0.1) is 5.82 Å². The summed E-state index contributed by atoms with van der Waals surface area (Å²) in [5.41, 5.74) is 3.60. The van der Waals surface area contributed by atoms with Crippen molar-refractivity contribution in [2.24, 2.45) is 5.10 Å². The Morgan fingerprint density at radius 1 is 1.11 bits per heavy atom. The largest absolute Gasteiger partial charge is 0.271 e. The first-order valence-electron chi connectivity index (χ1n) is 5.50. The fourth-order valence-electron chi connectivity index (χ4n) is 1.38. The van der Waals surface area contributed by atoms with E-state index in [4.69, 9.17) is 0 Å². The molecule has 3 nitrogen and oxygen atoms in total. The van der Waals surface area contributed by atoms with Crippen LogP contribution in [0.5, 0.6) is 0 Å². The fraction of sp³-hybridized carbons (Fsp3) is 0. The summed E-state index contributed by atoms with van der Waals surface area (Å²) in [7, 11) is 0. The second kappa shape index (κ2) is 6.24. The van der Waals surface area contributed by atoms with E-state index < -0.39 is 0 Å². The van der Waals surface area contributed by atoms with Crippen LogP contribution in [0.2, 0.25) is 0 Å². The van der Waals surface area contributed by atoms with Gasteiger partial charge < -0.3 is 0 Å². The summed E-state index contributed by atoms with van der Waals surface area (Å²) in [5, 5.41) is 3.84. The highest BCUT2D eigenvalue weighted by molar-refractivity contribution is 9.10. The number of benzene rings is 2. The van der Waals surface area contributed by atoms with Crippen molar-refractivity contribution in [2.75, 3.05) is 0 Å². The smallest absolute Gasteiger partial charge is 0.267 e. The summed E-state index contributed by atoms with van der Waals surface area (Å²) < 4.78 is 13.7. The third kappa shape index (κ3) is 3.99. The Balaban J connectivity index is 1.96. The molecule has 0 fully saturated rings. The molecule has 19 heavy (non-hydrogen) atoms. The summed E-state index contributed by atoms with van der Waals surface area (Å²) in [5.74, 6) is -0.761. The van der Waals surface area contributed by atoms with Gasteiger partial charge in [-0.15, -0.1) is 0 Å². The Morgan fingerprint density at radius 3 is 2.37 bits per heavy atom. The van der Waals surface area contributed by atoms with Gasteiger partial charge in [0.15, 0.2) is 0 Å². The maximum atomic E-state index is 12.7. The number of amides is 1. The Morgan fingerprint density at radius 2 is 1.74 bits per heavy atom. The average molecular weight is 321 g/mol. The van der Waals surface area contributed by atoms with Crippen LogP contribution in [0.4, 0.5) is 4.39 Å². The van der Waals surface area contributed by atoms with Gasteiger partial charge >= 0.3 is 0 Å². The SMILES string of the molecule is O=C(N/N=C\c1ccc(Br)cc1)c1ccc(F)cc1. The van der Waals surface area contributed by atoms with Gasteiger partial charge in [0, 0.05) is 10.0 Å². The van der Waals surface area contributed by atoms with Gasteiger partial charge in [-0.2, -0.15) is 5.10 Å². The molecule has 0 aliphatic carbocycles. The number of nitrogens with one attached hydrogen (secondary N) is 1. The number of carbonyl (C=O) groups is 1. The first-order valence-corrected chi connectivity index (χ1v) is 6.29. The van der Waals surface area contributed by atoms with Crippen molar-refractivity contribution >= 4 is 28.1 Å². The molecule has 2 aromatic carbocycles. The van der Waals surface area contributed by atoms with Gasteiger partial charge in [0.05, 0.1) is 6.21 Å². The van der Waals surface area contributed by atoms with Gasteiger partial charge in [-0.3, -0.25) is 4.79 Å². The third-order valence-electron chi connectivity index (χ3n) is 2.36. The second-order valence-corrected chi connectivity index (χ2v) is 4.67. The Bertz CT molecular complexity index is 594. The third-order valence-corrected chi connectivity index (χ3v) is 2.88. The van der Waals surface area contributed by atoms with Crippen molar-refractivity contribution in [3.8, 4) is 0 Å². The van der Waals surface area contributed by atoms with Crippen LogP contribution in [0.3, 0.4) is 0 Å². The summed E-state index contributed by atoms with van der Waals surface area (Å²) in [6.45, 7) is 0. The summed E-state index contributed by atoms with van der Waals surface area (Å²) in [6, 6.07) is 12.7. The molecule has 0 atom stereocenters. The van der Waals surface area contributed by atoms with Crippen molar-refractivity contribution in [2.45, 2.75) is 0 Å². The molecule has 0 heterocycles. The quantitative estimate of drug-likeness (QED) is 0.684. The molecule has 1 amide bonds. The zero-order valence-electron chi connectivity index (χ0n) is 9.81. The molecule has 0 saturated carbocycles. The predicted molar refractivity (Wildman–Crippen MR) is 75.6 cm³/mol. The second-order valence-electron chi connectivity index (χ2n) is 3.76. The fourth-order valence-corrected chi connectivity index (χ4v) is 1.64. The van der Waals surface area contributed by atoms with Gasteiger partial charge in [-0.05, 0) is 42.0 Å². The van der Waals surface area contributed by atoms with Crippen LogP contribution in [0.25, 0.3) is 0 Å². The van der Waals surface area contributed by atoms with Crippen molar-refractivity contribution in [1.29, 1.82) is 0 Å². The number of rotatable bonds is 3. The van der Waals surface area contributed by atoms with Crippen molar-refractivity contribution in [1.82, 2.24) is 5.43 Å². The lowest BCUT2D eigenvalue weighted by molar-refractivity contribution is 0.0955. The van der Waals surface area contributed by atoms with E-state index in [1.165, 1.54) is 30.5 Å². The predicted octanol–water partition coefficient (Wildman–Crippen LogP) is 3.35. The number of halogens is 2. The molecule has 96 valence electrons. The molecule has 0 saturated heterocycles. The van der Waals surface area contributed by atoms with Gasteiger partial charge in [-0.25, -0.2) is 9.82 Å². The minimum atomic E-state index is -0.381. The highest BCUT2D eigenvalue weighted by atomic mass is 79.9. The Hall–Kier alpha value is -2.01. The molecule has 0 unspecified atom stereocenters. The van der Waals surface area contributed by atoms with E-state index in [2.05, 4.69) is 26.5 Å². The van der Waals surface area contributed by atoms with E-state index in [0.717, 1.165) is 10.0 Å². The van der Waals surface area contributed by atoms with E-state index in [0.29, 0.717) is 5.56 Å². The Labute approximate surface area is 118 Å². The lowest BCUT2D eigenvalue weighted by Crippen LogP contribution is -2.17. The molecular formula is C14H10BrFN2O. The van der Waals surface area contributed by atoms with E-state index in [9.17, 15) is 9.18 Å². The summed E-state index contributed by atoms with van der Waals surface area (Å²) in [4.78, 5) is 11.6. The monoisotopic (exact) mass is 320 g/mol. The van der Waals surface area contributed by atoms with E-state index in [-0.39, 0.29) is 11.7 Å². The molecule has 2 rings (SSSR count). The molecule has 2 aromatic rings. The maximum absolute atomic E-state index is 12.7. The normalized spacial score (nSPS) is 10.6. The molecule has 0 spiro atoms. The van der Waals surface area contributed by atoms with E-state index in [1.807, 2.05) is 24.3 Å². The lowest BCUT2D eigenvalue weighted by Gasteiger charge is -1.99. The van der Waals surface area contributed by atoms with Gasteiger partial charge in [0.2, 0.25) is 0 Å². The first kappa shape index (κ1) is 13.4. The topological polar surface area (TPSA) is 41.5 Å². The summed E-state index contributed by atoms with van der Waals surface area (Å²) >= 11 is 3.33. The Kier molecular flexibility index (Phi) is 4.41. The molecule has 0 aromatic heterocycles. The van der Waals surface area contributed by atoms with Crippen LogP contribution < -0.4 is 5.43 Å². The van der Waals surface area contributed by atoms with Crippen LogP contribution in [0.15, 0.2) is 58.1 Å². The van der Waals surface area contributed by atoms with Crippen LogP contribution >= 0.6 is 15.9 Å². The first-order chi connectivity index (χ1) is 9.15. The highest BCUT2D eigenvalue weighted by Crippen LogP contribution is 2.09. The zero-order chi connectivity index (χ0) is 13.7. The van der Waals surface area contributed by atoms with Gasteiger partial charge in [0.25, 0.3) is 5.91 Å². The van der Waals surface area contributed by atoms with E-state index in [1.54, 1.807) is 0 Å². The standard InChI is InChI=1S/C14H10BrFN2O/c15-12-5-1-10(2-6-12)9-17-18-14(19)11-3-7-13(16)8-4-11/h1-9H,(H,18,19)/b17-9-. The lowest BCUT2D eigenvalue weighted by atomic mass is 10.2. The average Bonchev–Trinajstić information content (AvgIpc) is 2.41. The van der Waals surface area contributed by atoms with E-state index >= 15 is 0 Å². The van der Waals surface area contributed by atoms with Crippen molar-refractivity contribution in [3.63, 3.8) is 0 Å². The summed E-state index contributed by atoms with van der Waals surface area (Å²) in [6.07, 6.45) is 1.54. The molecule has 0 aliphatic heterocycles. The molecule has 0 bridgehead atoms. The number of carbonyl (C=O) groups excluding carboxylic acids is 1. The van der Waals surface area contributed by atoms with Crippen molar-refractivity contribution in [3.05, 3.63) is 69.9 Å². The number of hydrogen-bond acceptors (Lipinski definition) is 2. The molecule has 1 N–H and O–H groups in total. The molecule has 0 aliphatic rings. The minimum Gasteiger partial charge on any atom is -0.267 e. The minimum absolute atomic E-state index is 0.356. The van der Waals surface area contributed by atoms with Crippen LogP contribution in [-0.2, 0) is 0 Å². The van der Waals surface area contributed by atoms with Gasteiger partial charge in [-0.1, -0.05) is 28.1 Å². The van der Waals surface area contributed by atoms with Crippen molar-refractivity contribution < 1.29 is 9.18 Å². The maximum Gasteiger partial charge on any atom is 0.271 e. The zero-order valence-corrected chi connectivity index (χ0v) is 11.4. The molecule has 0 radical (unpaired) electrons. The van der Waals surface area contributed by atoms with Gasteiger partial charge in [0.1, 0.15) is 5.82 Å². The highest BCUT2D eigenvalue weighted by Gasteiger charge is 2.03. The number of hydrogen-bond donors (Lipinski definition) is 1. The number of hydrazone groups is 1. The van der Waals surface area contributed by atoms with Crippen LogP contribution in [0.1, 0.15) is 15.9 Å². The molecule has 5 heteroatoms. The van der Waals surface area contributed by atoms with Crippen LogP contribution in [-0.4, -0.2) is 12.1 Å².